The minimum atomic E-state index is -0.00727. The lowest BCUT2D eigenvalue weighted by Gasteiger charge is -2.03. The molecule has 1 aromatic carbocycles. The molecule has 1 aromatic heterocycles. The Morgan fingerprint density at radius 3 is 2.73 bits per heavy atom. The average molecular weight is 224 g/mol. The van der Waals surface area contributed by atoms with Gasteiger partial charge >= 0.3 is 0 Å². The molecule has 0 unspecified atom stereocenters. The number of fused-ring (bicyclic) bond motifs is 1. The van der Waals surface area contributed by atoms with E-state index in [1.165, 1.54) is 0 Å². The number of aromatic nitrogens is 1. The van der Waals surface area contributed by atoms with E-state index >= 15 is 0 Å². The number of hydrogen-bond donors (Lipinski definition) is 1. The SMILES string of the molecule is CCCc1[nH]c(=O)cc2ccccc12.Cl. The maximum atomic E-state index is 11.3. The molecule has 1 N–H and O–H groups in total. The molecule has 3 heteroatoms. The highest BCUT2D eigenvalue weighted by atomic mass is 35.5. The van der Waals surface area contributed by atoms with Crippen molar-refractivity contribution >= 4 is 23.2 Å². The van der Waals surface area contributed by atoms with E-state index in [0.717, 1.165) is 29.3 Å². The zero-order valence-electron chi connectivity index (χ0n) is 8.62. The number of aryl methyl sites for hydroxylation is 1. The van der Waals surface area contributed by atoms with Crippen LogP contribution in [-0.2, 0) is 6.42 Å². The van der Waals surface area contributed by atoms with Crippen LogP contribution < -0.4 is 5.56 Å². The third-order valence-electron chi connectivity index (χ3n) is 2.35. The van der Waals surface area contributed by atoms with Crippen LogP contribution in [0.25, 0.3) is 10.8 Å². The van der Waals surface area contributed by atoms with Crippen LogP contribution in [0.3, 0.4) is 0 Å². The lowest BCUT2D eigenvalue weighted by atomic mass is 10.1. The van der Waals surface area contributed by atoms with Crippen LogP contribution in [0.4, 0.5) is 0 Å². The lowest BCUT2D eigenvalue weighted by molar-refractivity contribution is 0.886. The molecule has 2 nitrogen and oxygen atoms in total. The van der Waals surface area contributed by atoms with Gasteiger partial charge < -0.3 is 4.98 Å². The Bertz CT molecular complexity index is 504. The average Bonchev–Trinajstić information content (AvgIpc) is 2.18. The number of aromatic amines is 1. The molecule has 0 bridgehead atoms. The molecule has 0 amide bonds. The topological polar surface area (TPSA) is 32.9 Å². The maximum absolute atomic E-state index is 11.3. The van der Waals surface area contributed by atoms with Gasteiger partial charge in [0.05, 0.1) is 0 Å². The summed E-state index contributed by atoms with van der Waals surface area (Å²) in [6, 6.07) is 9.63. The second-order valence-electron chi connectivity index (χ2n) is 3.45. The number of benzene rings is 1. The molecule has 0 fully saturated rings. The summed E-state index contributed by atoms with van der Waals surface area (Å²) in [5.74, 6) is 0. The second-order valence-corrected chi connectivity index (χ2v) is 3.45. The second kappa shape index (κ2) is 4.99. The maximum Gasteiger partial charge on any atom is 0.248 e. The van der Waals surface area contributed by atoms with Crippen molar-refractivity contribution in [1.82, 2.24) is 4.98 Å². The largest absolute Gasteiger partial charge is 0.326 e. The predicted octanol–water partition coefficient (Wildman–Crippen LogP) is 2.90. The Morgan fingerprint density at radius 2 is 2.00 bits per heavy atom. The van der Waals surface area contributed by atoms with Crippen LogP contribution in [0.5, 0.6) is 0 Å². The molecule has 1 heterocycles. The van der Waals surface area contributed by atoms with E-state index in [-0.39, 0.29) is 18.0 Å². The van der Waals surface area contributed by atoms with E-state index in [2.05, 4.69) is 18.0 Å². The molecule has 0 saturated heterocycles. The van der Waals surface area contributed by atoms with Crippen LogP contribution in [0.1, 0.15) is 19.0 Å². The first kappa shape index (κ1) is 11.8. The van der Waals surface area contributed by atoms with Crippen molar-refractivity contribution in [2.24, 2.45) is 0 Å². The van der Waals surface area contributed by atoms with Crippen molar-refractivity contribution in [3.63, 3.8) is 0 Å². The van der Waals surface area contributed by atoms with Gasteiger partial charge in [0, 0.05) is 17.1 Å². The van der Waals surface area contributed by atoms with Gasteiger partial charge in [0.15, 0.2) is 0 Å². The lowest BCUT2D eigenvalue weighted by Crippen LogP contribution is -2.07. The molecule has 0 aliphatic heterocycles. The van der Waals surface area contributed by atoms with Gasteiger partial charge in [0.1, 0.15) is 0 Å². The molecular weight excluding hydrogens is 210 g/mol. The first-order valence-electron chi connectivity index (χ1n) is 4.92. The van der Waals surface area contributed by atoms with Crippen LogP contribution in [0.2, 0.25) is 0 Å². The summed E-state index contributed by atoms with van der Waals surface area (Å²) in [6.45, 7) is 2.11. The molecule has 0 saturated carbocycles. The van der Waals surface area contributed by atoms with Gasteiger partial charge in [0.25, 0.3) is 0 Å². The van der Waals surface area contributed by atoms with E-state index in [9.17, 15) is 4.79 Å². The van der Waals surface area contributed by atoms with E-state index in [0.29, 0.717) is 0 Å². The summed E-state index contributed by atoms with van der Waals surface area (Å²) in [5, 5.41) is 2.19. The third kappa shape index (κ3) is 2.39. The van der Waals surface area contributed by atoms with E-state index < -0.39 is 0 Å². The molecule has 0 aliphatic rings. The molecule has 0 atom stereocenters. The van der Waals surface area contributed by atoms with Crippen molar-refractivity contribution in [1.29, 1.82) is 0 Å². The highest BCUT2D eigenvalue weighted by molar-refractivity contribution is 5.85. The van der Waals surface area contributed by atoms with Crippen LogP contribution >= 0.6 is 12.4 Å². The fraction of sp³-hybridized carbons (Fsp3) is 0.250. The van der Waals surface area contributed by atoms with Crippen molar-refractivity contribution in [2.45, 2.75) is 19.8 Å². The van der Waals surface area contributed by atoms with Gasteiger partial charge in [-0.2, -0.15) is 0 Å². The summed E-state index contributed by atoms with van der Waals surface area (Å²) in [6.07, 6.45) is 1.97. The Kier molecular flexibility index (Phi) is 3.92. The normalized spacial score (nSPS) is 9.93. The standard InChI is InChI=1S/C12H13NO.ClH/c1-2-5-11-10-7-4-3-6-9(10)8-12(14)13-11;/h3-4,6-8H,2,5H2,1H3,(H,13,14);1H. The Hall–Kier alpha value is -1.28. The van der Waals surface area contributed by atoms with E-state index in [4.69, 9.17) is 0 Å². The molecule has 2 rings (SSSR count). The summed E-state index contributed by atoms with van der Waals surface area (Å²) in [5.41, 5.74) is 1.04. The van der Waals surface area contributed by atoms with Gasteiger partial charge in [-0.15, -0.1) is 12.4 Å². The summed E-state index contributed by atoms with van der Waals surface area (Å²) >= 11 is 0. The number of rotatable bonds is 2. The van der Waals surface area contributed by atoms with Crippen molar-refractivity contribution in [3.8, 4) is 0 Å². The quantitative estimate of drug-likeness (QED) is 0.835. The molecule has 0 spiro atoms. The number of H-pyrrole nitrogens is 1. The van der Waals surface area contributed by atoms with Crippen LogP contribution in [0, 0.1) is 0 Å². The first-order chi connectivity index (χ1) is 6.81. The zero-order chi connectivity index (χ0) is 9.97. The molecular formula is C12H14ClNO. The van der Waals surface area contributed by atoms with Gasteiger partial charge in [-0.3, -0.25) is 4.79 Å². The minimum Gasteiger partial charge on any atom is -0.326 e. The molecule has 15 heavy (non-hydrogen) atoms. The van der Waals surface area contributed by atoms with Gasteiger partial charge in [0.2, 0.25) is 5.56 Å². The minimum absolute atomic E-state index is 0. The number of hydrogen-bond acceptors (Lipinski definition) is 1. The van der Waals surface area contributed by atoms with Gasteiger partial charge in [-0.1, -0.05) is 37.6 Å². The molecule has 2 aromatic rings. The highest BCUT2D eigenvalue weighted by Crippen LogP contribution is 2.15. The summed E-state index contributed by atoms with van der Waals surface area (Å²) in [7, 11) is 0. The monoisotopic (exact) mass is 223 g/mol. The first-order valence-corrected chi connectivity index (χ1v) is 4.92. The van der Waals surface area contributed by atoms with Crippen LogP contribution in [0.15, 0.2) is 35.1 Å². The van der Waals surface area contributed by atoms with Gasteiger partial charge in [-0.25, -0.2) is 0 Å². The summed E-state index contributed by atoms with van der Waals surface area (Å²) < 4.78 is 0. The fourth-order valence-corrected chi connectivity index (χ4v) is 1.74. The molecule has 80 valence electrons. The number of halogens is 1. The van der Waals surface area contributed by atoms with Crippen molar-refractivity contribution in [3.05, 3.63) is 46.4 Å². The smallest absolute Gasteiger partial charge is 0.248 e. The predicted molar refractivity (Wildman–Crippen MR) is 65.8 cm³/mol. The third-order valence-corrected chi connectivity index (χ3v) is 2.35. The number of nitrogens with one attached hydrogen (secondary N) is 1. The van der Waals surface area contributed by atoms with E-state index in [1.807, 2.05) is 18.2 Å². The van der Waals surface area contributed by atoms with Gasteiger partial charge in [-0.05, 0) is 11.8 Å². The van der Waals surface area contributed by atoms with Crippen molar-refractivity contribution in [2.75, 3.05) is 0 Å². The Labute approximate surface area is 94.7 Å². The molecule has 0 aliphatic carbocycles. The Balaban J connectivity index is 0.00000112. The van der Waals surface area contributed by atoms with Crippen molar-refractivity contribution < 1.29 is 0 Å². The number of pyridine rings is 1. The Morgan fingerprint density at radius 1 is 1.27 bits per heavy atom. The highest BCUT2D eigenvalue weighted by Gasteiger charge is 2.00. The van der Waals surface area contributed by atoms with Crippen LogP contribution in [-0.4, -0.2) is 4.98 Å². The zero-order valence-corrected chi connectivity index (χ0v) is 9.43. The fourth-order valence-electron chi connectivity index (χ4n) is 1.74. The molecule has 0 radical (unpaired) electrons. The van der Waals surface area contributed by atoms with E-state index in [1.54, 1.807) is 6.07 Å². The summed E-state index contributed by atoms with van der Waals surface area (Å²) in [4.78, 5) is 14.2.